The first-order chi connectivity index (χ1) is 20.7. The van der Waals surface area contributed by atoms with E-state index in [2.05, 4.69) is 5.32 Å². The molecule has 0 saturated carbocycles. The first-order valence-corrected chi connectivity index (χ1v) is 15.8. The number of ether oxygens (including phenoxy) is 1. The van der Waals surface area contributed by atoms with Crippen LogP contribution in [0.15, 0.2) is 65.6 Å². The Kier molecular flexibility index (Phi) is 11.6. The molecule has 44 heavy (non-hydrogen) atoms. The van der Waals surface area contributed by atoms with Crippen LogP contribution in [0.5, 0.6) is 5.75 Å². The van der Waals surface area contributed by atoms with Crippen molar-refractivity contribution in [3.63, 3.8) is 0 Å². The summed E-state index contributed by atoms with van der Waals surface area (Å²) in [6.45, 7) is 5.89. The number of nitrogens with one attached hydrogen (secondary N) is 1. The van der Waals surface area contributed by atoms with Gasteiger partial charge < -0.3 is 15.0 Å². The minimum Gasteiger partial charge on any atom is -0.495 e. The van der Waals surface area contributed by atoms with Gasteiger partial charge in [0.15, 0.2) is 0 Å². The van der Waals surface area contributed by atoms with E-state index in [4.69, 9.17) is 27.9 Å². The number of methoxy groups -OCH3 is 1. The van der Waals surface area contributed by atoms with E-state index in [0.717, 1.165) is 10.4 Å². The van der Waals surface area contributed by atoms with Crippen molar-refractivity contribution in [3.05, 3.63) is 92.0 Å². The summed E-state index contributed by atoms with van der Waals surface area (Å²) in [7, 11) is -3.32. The van der Waals surface area contributed by atoms with Crippen molar-refractivity contribution < 1.29 is 27.7 Å². The molecule has 0 unspecified atom stereocenters. The highest BCUT2D eigenvalue weighted by Gasteiger charge is 2.36. The molecule has 0 aliphatic heterocycles. The summed E-state index contributed by atoms with van der Waals surface area (Å²) in [6, 6.07) is 13.3. The predicted molar refractivity (Wildman–Crippen MR) is 170 cm³/mol. The number of nitro benzene ring substituents is 1. The van der Waals surface area contributed by atoms with Crippen molar-refractivity contribution in [2.45, 2.75) is 57.6 Å². The zero-order valence-corrected chi connectivity index (χ0v) is 27.2. The lowest BCUT2D eigenvalue weighted by Gasteiger charge is -2.34. The second-order valence-corrected chi connectivity index (χ2v) is 12.9. The number of benzene rings is 3. The summed E-state index contributed by atoms with van der Waals surface area (Å²) in [5.41, 5.74) is 0.313. The zero-order chi connectivity index (χ0) is 32.8. The first-order valence-electron chi connectivity index (χ1n) is 13.7. The highest BCUT2D eigenvalue weighted by molar-refractivity contribution is 7.92. The van der Waals surface area contributed by atoms with Gasteiger partial charge in [-0.15, -0.1) is 0 Å². The highest BCUT2D eigenvalue weighted by atomic mass is 35.5. The largest absolute Gasteiger partial charge is 0.495 e. The molecule has 3 rings (SSSR count). The Morgan fingerprint density at radius 3 is 2.34 bits per heavy atom. The molecule has 0 aliphatic rings. The third kappa shape index (κ3) is 7.99. The van der Waals surface area contributed by atoms with E-state index in [1.165, 1.54) is 49.3 Å². The summed E-state index contributed by atoms with van der Waals surface area (Å²) in [6.07, 6.45) is 0.214. The third-order valence-corrected chi connectivity index (χ3v) is 9.13. The van der Waals surface area contributed by atoms with Gasteiger partial charge in [-0.3, -0.25) is 24.0 Å². The summed E-state index contributed by atoms with van der Waals surface area (Å²) >= 11 is 12.7. The molecule has 0 aliphatic carbocycles. The average Bonchev–Trinajstić information content (AvgIpc) is 2.96. The number of hydrogen-bond donors (Lipinski definition) is 1. The summed E-state index contributed by atoms with van der Waals surface area (Å²) in [5.74, 6) is -1.08. The third-order valence-electron chi connectivity index (χ3n) is 6.77. The smallest absolute Gasteiger partial charge is 0.273 e. The summed E-state index contributed by atoms with van der Waals surface area (Å²) in [4.78, 5) is 39.3. The van der Waals surface area contributed by atoms with E-state index < -0.39 is 49.9 Å². The summed E-state index contributed by atoms with van der Waals surface area (Å²) in [5, 5.41) is 15.0. The van der Waals surface area contributed by atoms with Crippen LogP contribution in [-0.4, -0.2) is 55.8 Å². The van der Waals surface area contributed by atoms with Gasteiger partial charge in [-0.1, -0.05) is 54.4 Å². The van der Waals surface area contributed by atoms with Gasteiger partial charge in [-0.25, -0.2) is 8.42 Å². The number of hydrogen-bond acceptors (Lipinski definition) is 7. The Hall–Kier alpha value is -3.87. The lowest BCUT2D eigenvalue weighted by atomic mass is 10.1. The molecule has 0 radical (unpaired) electrons. The molecule has 3 aromatic carbocycles. The molecule has 1 atom stereocenters. The molecular weight excluding hydrogens is 631 g/mol. The minimum absolute atomic E-state index is 0.0750. The number of anilines is 1. The lowest BCUT2D eigenvalue weighted by Crippen LogP contribution is -2.53. The lowest BCUT2D eigenvalue weighted by molar-refractivity contribution is -0.385. The van der Waals surface area contributed by atoms with Crippen molar-refractivity contribution in [2.75, 3.05) is 18.0 Å². The van der Waals surface area contributed by atoms with E-state index in [0.29, 0.717) is 10.6 Å². The van der Waals surface area contributed by atoms with Crippen molar-refractivity contribution in [2.24, 2.45) is 0 Å². The van der Waals surface area contributed by atoms with Crippen LogP contribution in [0.1, 0.15) is 38.3 Å². The molecule has 14 heteroatoms. The molecule has 0 saturated heterocycles. The Morgan fingerprint density at radius 1 is 1.07 bits per heavy atom. The predicted octanol–water partition coefficient (Wildman–Crippen LogP) is 5.75. The van der Waals surface area contributed by atoms with Crippen LogP contribution >= 0.6 is 23.2 Å². The second-order valence-electron chi connectivity index (χ2n) is 10.2. The van der Waals surface area contributed by atoms with E-state index in [1.807, 2.05) is 0 Å². The number of aryl methyl sites for hydroxylation is 1. The molecular formula is C30H34Cl2N4O7S. The zero-order valence-electron chi connectivity index (χ0n) is 24.9. The van der Waals surface area contributed by atoms with Crippen LogP contribution < -0.4 is 14.4 Å². The van der Waals surface area contributed by atoms with E-state index in [-0.39, 0.29) is 41.0 Å². The number of carbonyl (C=O) groups is 2. The van der Waals surface area contributed by atoms with E-state index >= 15 is 0 Å². The molecule has 0 heterocycles. The van der Waals surface area contributed by atoms with Crippen LogP contribution in [0.2, 0.25) is 10.0 Å². The Bertz CT molecular complexity index is 1650. The SMILES string of the molecule is CC[C@@H](C(=O)NC(C)C)N(Cc1ccccc1Cl)C(=O)CN(c1cc(Cl)ccc1OC)S(=O)(=O)c1ccc(C)c([N+](=O)[O-])c1. The van der Waals surface area contributed by atoms with E-state index in [1.54, 1.807) is 45.0 Å². The number of amides is 2. The molecule has 0 spiro atoms. The average molecular weight is 666 g/mol. The number of nitro groups is 1. The van der Waals surface area contributed by atoms with Crippen LogP contribution in [0.25, 0.3) is 0 Å². The number of rotatable bonds is 13. The van der Waals surface area contributed by atoms with Gasteiger partial charge in [-0.2, -0.15) is 0 Å². The van der Waals surface area contributed by atoms with Crippen molar-refractivity contribution >= 4 is 56.4 Å². The second kappa shape index (κ2) is 14.7. The molecule has 0 bridgehead atoms. The number of halogens is 2. The van der Waals surface area contributed by atoms with Gasteiger partial charge in [0.1, 0.15) is 18.3 Å². The van der Waals surface area contributed by atoms with Crippen molar-refractivity contribution in [1.29, 1.82) is 0 Å². The van der Waals surface area contributed by atoms with Crippen molar-refractivity contribution in [1.82, 2.24) is 10.2 Å². The first kappa shape index (κ1) is 34.6. The standard InChI is InChI=1S/C30H34Cl2N4O7S/c1-6-25(30(38)33-19(2)3)34(17-21-9-7-8-10-24(21)32)29(37)18-35(27-15-22(31)12-14-28(27)43-5)44(41,42)23-13-11-20(4)26(16-23)36(39)40/h7-16,19,25H,6,17-18H2,1-5H3,(H,33,38)/t25-/m0/s1. The maximum Gasteiger partial charge on any atom is 0.273 e. The molecule has 0 fully saturated rings. The van der Waals surface area contributed by atoms with Crippen LogP contribution in [-0.2, 0) is 26.2 Å². The molecule has 3 aromatic rings. The monoisotopic (exact) mass is 664 g/mol. The van der Waals surface area contributed by atoms with Crippen LogP contribution in [0.4, 0.5) is 11.4 Å². The molecule has 236 valence electrons. The summed E-state index contributed by atoms with van der Waals surface area (Å²) < 4.78 is 34.6. The molecule has 1 N–H and O–H groups in total. The maximum atomic E-state index is 14.2. The Balaban J connectivity index is 2.20. The van der Waals surface area contributed by atoms with Crippen LogP contribution in [0.3, 0.4) is 0 Å². The number of sulfonamides is 1. The number of nitrogens with zero attached hydrogens (tertiary/aromatic N) is 3. The fourth-order valence-electron chi connectivity index (χ4n) is 4.56. The van der Waals surface area contributed by atoms with Gasteiger partial charge in [0.2, 0.25) is 11.8 Å². The normalized spacial score (nSPS) is 12.0. The molecule has 0 aromatic heterocycles. The fraction of sp³-hybridized carbons (Fsp3) is 0.333. The van der Waals surface area contributed by atoms with Gasteiger partial charge in [0.05, 0.1) is 22.6 Å². The molecule has 11 nitrogen and oxygen atoms in total. The topological polar surface area (TPSA) is 139 Å². The van der Waals surface area contributed by atoms with Gasteiger partial charge in [0.25, 0.3) is 15.7 Å². The number of carbonyl (C=O) groups excluding carboxylic acids is 2. The molecule has 2 amide bonds. The minimum atomic E-state index is -4.64. The van der Waals surface area contributed by atoms with Gasteiger partial charge >= 0.3 is 0 Å². The highest BCUT2D eigenvalue weighted by Crippen LogP contribution is 2.36. The fourth-order valence-corrected chi connectivity index (χ4v) is 6.35. The van der Waals surface area contributed by atoms with Crippen molar-refractivity contribution in [3.8, 4) is 5.75 Å². The van der Waals surface area contributed by atoms with Gasteiger partial charge in [0, 0.05) is 34.3 Å². The Morgan fingerprint density at radius 2 is 1.75 bits per heavy atom. The Labute approximate surface area is 266 Å². The van der Waals surface area contributed by atoms with E-state index in [9.17, 15) is 28.1 Å². The maximum absolute atomic E-state index is 14.2. The quantitative estimate of drug-likeness (QED) is 0.181. The van der Waals surface area contributed by atoms with Crippen LogP contribution in [0, 0.1) is 17.0 Å². The van der Waals surface area contributed by atoms with Gasteiger partial charge in [-0.05, 0) is 63.1 Å².